The van der Waals surface area contributed by atoms with Crippen molar-refractivity contribution < 1.29 is 27.5 Å². The highest BCUT2D eigenvalue weighted by Crippen LogP contribution is 2.14. The number of nitrogens with one attached hydrogen (secondary N) is 1. The van der Waals surface area contributed by atoms with Crippen LogP contribution in [0.3, 0.4) is 0 Å². The number of hydrogen-bond donors (Lipinski definition) is 1. The van der Waals surface area contributed by atoms with E-state index in [1.165, 1.54) is 38.3 Å². The number of carbonyl (C=O) groups is 2. The van der Waals surface area contributed by atoms with Crippen molar-refractivity contribution in [1.82, 2.24) is 9.62 Å². The fourth-order valence-electron chi connectivity index (χ4n) is 2.98. The number of nitrogens with zero attached hydrogens (tertiary/aromatic N) is 1. The average molecular weight is 429 g/mol. The van der Waals surface area contributed by atoms with Gasteiger partial charge in [-0.25, -0.2) is 17.9 Å². The van der Waals surface area contributed by atoms with Crippen LogP contribution in [0.5, 0.6) is 0 Å². The summed E-state index contributed by atoms with van der Waals surface area (Å²) >= 11 is 0. The summed E-state index contributed by atoms with van der Waals surface area (Å²) in [6.45, 7) is 11.0. The fraction of sp³-hybridized carbons (Fsp3) is 0.600. The van der Waals surface area contributed by atoms with Gasteiger partial charge in [-0.2, -0.15) is 0 Å². The van der Waals surface area contributed by atoms with Gasteiger partial charge in [0, 0.05) is 25.2 Å². The van der Waals surface area contributed by atoms with Crippen molar-refractivity contribution in [3.63, 3.8) is 0 Å². The van der Waals surface area contributed by atoms with Gasteiger partial charge in [0.25, 0.3) is 5.91 Å². The number of benzene rings is 1. The third-order valence-corrected chi connectivity index (χ3v) is 5.78. The maximum atomic E-state index is 12.6. The first-order valence-corrected chi connectivity index (χ1v) is 11.0. The van der Waals surface area contributed by atoms with Crippen LogP contribution in [-0.2, 0) is 24.3 Å². The van der Waals surface area contributed by atoms with E-state index in [2.05, 4.69) is 4.72 Å². The van der Waals surface area contributed by atoms with Crippen molar-refractivity contribution in [2.24, 2.45) is 0 Å². The minimum atomic E-state index is -3.73. The first-order valence-electron chi connectivity index (χ1n) is 9.55. The molecule has 0 bridgehead atoms. The average Bonchev–Trinajstić information content (AvgIpc) is 2.60. The van der Waals surface area contributed by atoms with E-state index in [9.17, 15) is 18.0 Å². The molecule has 0 aliphatic heterocycles. The summed E-state index contributed by atoms with van der Waals surface area (Å²) in [5.74, 6) is -0.971. The van der Waals surface area contributed by atoms with Crippen molar-refractivity contribution in [2.75, 3.05) is 13.7 Å². The Morgan fingerprint density at radius 3 is 1.97 bits per heavy atom. The predicted octanol–water partition coefficient (Wildman–Crippen LogP) is 2.19. The monoisotopic (exact) mass is 428 g/mol. The highest BCUT2D eigenvalue weighted by molar-refractivity contribution is 7.89. The maximum Gasteiger partial charge on any atom is 0.338 e. The summed E-state index contributed by atoms with van der Waals surface area (Å²) in [6, 6.07) is 4.91. The van der Waals surface area contributed by atoms with Crippen molar-refractivity contribution >= 4 is 21.9 Å². The lowest BCUT2D eigenvalue weighted by Gasteiger charge is -2.32. The van der Waals surface area contributed by atoms with E-state index in [-0.39, 0.29) is 35.1 Å². The number of amides is 1. The number of hydrogen-bond acceptors (Lipinski definition) is 6. The van der Waals surface area contributed by atoms with Gasteiger partial charge < -0.3 is 14.4 Å². The standard InChI is InChI=1S/C20H32N2O6S/c1-13(2)22(14(3)4)19(23)16(6)28-20(24)17-8-10-18(11-9-17)29(25,26)21-15(5)12-27-7/h8-11,13-16,21H,12H2,1-7H3/t15-,16-/m1/s1. The molecule has 0 spiro atoms. The van der Waals surface area contributed by atoms with Gasteiger partial charge in [-0.15, -0.1) is 0 Å². The molecule has 164 valence electrons. The maximum absolute atomic E-state index is 12.6. The Morgan fingerprint density at radius 1 is 1.00 bits per heavy atom. The summed E-state index contributed by atoms with van der Waals surface area (Å²) < 4.78 is 37.4. The Morgan fingerprint density at radius 2 is 1.52 bits per heavy atom. The number of sulfonamides is 1. The summed E-state index contributed by atoms with van der Waals surface area (Å²) in [6.07, 6.45) is -0.952. The normalized spacial score (nSPS) is 14.0. The molecule has 0 unspecified atom stereocenters. The molecule has 1 aromatic carbocycles. The highest BCUT2D eigenvalue weighted by Gasteiger charge is 2.28. The largest absolute Gasteiger partial charge is 0.449 e. The number of carbonyl (C=O) groups excluding carboxylic acids is 2. The molecule has 0 aliphatic carbocycles. The molecule has 29 heavy (non-hydrogen) atoms. The van der Waals surface area contributed by atoms with Crippen molar-refractivity contribution in [3.05, 3.63) is 29.8 Å². The second kappa shape index (κ2) is 10.7. The van der Waals surface area contributed by atoms with Gasteiger partial charge >= 0.3 is 5.97 Å². The third kappa shape index (κ3) is 7.09. The Bertz CT molecular complexity index is 782. The second-order valence-corrected chi connectivity index (χ2v) is 9.20. The Labute approximate surface area is 173 Å². The smallest absolute Gasteiger partial charge is 0.338 e. The Kier molecular flexibility index (Phi) is 9.25. The topological polar surface area (TPSA) is 102 Å². The lowest BCUT2D eigenvalue weighted by atomic mass is 10.2. The van der Waals surface area contributed by atoms with Gasteiger partial charge in [-0.3, -0.25) is 4.79 Å². The summed E-state index contributed by atoms with van der Waals surface area (Å²) in [7, 11) is -2.25. The molecule has 9 heteroatoms. The lowest BCUT2D eigenvalue weighted by molar-refractivity contribution is -0.143. The number of rotatable bonds is 10. The summed E-state index contributed by atoms with van der Waals surface area (Å²) in [5.41, 5.74) is 0.161. The fourth-order valence-corrected chi connectivity index (χ4v) is 4.21. The number of esters is 1. The number of ether oxygens (including phenoxy) is 2. The molecule has 1 aromatic rings. The molecule has 0 saturated heterocycles. The first kappa shape index (κ1) is 25.1. The molecular formula is C20H32N2O6S. The molecule has 1 N–H and O–H groups in total. The minimum Gasteiger partial charge on any atom is -0.449 e. The van der Waals surface area contributed by atoms with E-state index < -0.39 is 28.1 Å². The summed E-state index contributed by atoms with van der Waals surface area (Å²) in [4.78, 5) is 26.6. The molecule has 0 fully saturated rings. The molecule has 8 nitrogen and oxygen atoms in total. The van der Waals surface area contributed by atoms with Crippen LogP contribution in [0.25, 0.3) is 0 Å². The SMILES string of the molecule is COC[C@@H](C)NS(=O)(=O)c1ccc(C(=O)O[C@H](C)C(=O)N(C(C)C)C(C)C)cc1. The van der Waals surface area contributed by atoms with Crippen LogP contribution >= 0.6 is 0 Å². The predicted molar refractivity (Wildman–Crippen MR) is 110 cm³/mol. The Balaban J connectivity index is 2.85. The number of methoxy groups -OCH3 is 1. The molecule has 0 aliphatic rings. The summed E-state index contributed by atoms with van der Waals surface area (Å²) in [5, 5.41) is 0. The molecule has 0 radical (unpaired) electrons. The zero-order valence-corrected chi connectivity index (χ0v) is 18.9. The molecule has 2 atom stereocenters. The van der Waals surface area contributed by atoms with Crippen LogP contribution in [0.15, 0.2) is 29.2 Å². The van der Waals surface area contributed by atoms with E-state index in [0.717, 1.165) is 0 Å². The third-order valence-electron chi connectivity index (χ3n) is 4.17. The van der Waals surface area contributed by atoms with Crippen molar-refractivity contribution in [1.29, 1.82) is 0 Å². The van der Waals surface area contributed by atoms with Gasteiger partial charge in [-0.05, 0) is 65.8 Å². The molecule has 1 rings (SSSR count). The Hall–Kier alpha value is -1.97. The van der Waals surface area contributed by atoms with E-state index in [1.54, 1.807) is 11.8 Å². The van der Waals surface area contributed by atoms with Gasteiger partial charge in [0.15, 0.2) is 6.10 Å². The van der Waals surface area contributed by atoms with Gasteiger partial charge in [0.2, 0.25) is 10.0 Å². The zero-order valence-electron chi connectivity index (χ0n) is 18.1. The highest BCUT2D eigenvalue weighted by atomic mass is 32.2. The first-order chi connectivity index (χ1) is 13.4. The minimum absolute atomic E-state index is 0.0203. The van der Waals surface area contributed by atoms with Gasteiger partial charge in [-0.1, -0.05) is 0 Å². The van der Waals surface area contributed by atoms with Crippen LogP contribution in [0, 0.1) is 0 Å². The molecule has 0 heterocycles. The second-order valence-electron chi connectivity index (χ2n) is 7.48. The quantitative estimate of drug-likeness (QED) is 0.573. The van der Waals surface area contributed by atoms with Crippen LogP contribution in [0.1, 0.15) is 51.9 Å². The van der Waals surface area contributed by atoms with Crippen LogP contribution in [0.4, 0.5) is 0 Å². The van der Waals surface area contributed by atoms with E-state index >= 15 is 0 Å². The van der Waals surface area contributed by atoms with Crippen LogP contribution < -0.4 is 4.72 Å². The van der Waals surface area contributed by atoms with E-state index in [1.807, 2.05) is 27.7 Å². The van der Waals surface area contributed by atoms with Gasteiger partial charge in [0.1, 0.15) is 0 Å². The molecule has 0 aromatic heterocycles. The lowest BCUT2D eigenvalue weighted by Crippen LogP contribution is -2.47. The van der Waals surface area contributed by atoms with Crippen LogP contribution in [-0.4, -0.2) is 63.1 Å². The van der Waals surface area contributed by atoms with Crippen molar-refractivity contribution in [3.8, 4) is 0 Å². The zero-order chi connectivity index (χ0) is 22.4. The van der Waals surface area contributed by atoms with Crippen LogP contribution in [0.2, 0.25) is 0 Å². The van der Waals surface area contributed by atoms with Gasteiger partial charge in [0.05, 0.1) is 17.1 Å². The van der Waals surface area contributed by atoms with Crippen molar-refractivity contribution in [2.45, 2.75) is 70.7 Å². The molecular weight excluding hydrogens is 396 g/mol. The van der Waals surface area contributed by atoms with E-state index in [4.69, 9.17) is 9.47 Å². The molecule has 1 amide bonds. The van der Waals surface area contributed by atoms with E-state index in [0.29, 0.717) is 0 Å². The molecule has 0 saturated carbocycles.